The van der Waals surface area contributed by atoms with Gasteiger partial charge in [0.15, 0.2) is 0 Å². The van der Waals surface area contributed by atoms with E-state index in [2.05, 4.69) is 22.8 Å². The number of amides is 1. The molecule has 0 spiro atoms. The zero-order valence-electron chi connectivity index (χ0n) is 18.8. The van der Waals surface area contributed by atoms with E-state index in [1.54, 1.807) is 4.90 Å². The van der Waals surface area contributed by atoms with E-state index in [0.29, 0.717) is 44.3 Å². The molecule has 3 heterocycles. The van der Waals surface area contributed by atoms with E-state index in [9.17, 15) is 9.59 Å². The van der Waals surface area contributed by atoms with Crippen molar-refractivity contribution < 1.29 is 14.0 Å². The number of carbonyl (C=O) groups excluding carboxylic acids is 2. The molecule has 7 heteroatoms. The van der Waals surface area contributed by atoms with Crippen molar-refractivity contribution in [2.24, 2.45) is 0 Å². The van der Waals surface area contributed by atoms with Crippen molar-refractivity contribution in [3.8, 4) is 0 Å². The quantitative estimate of drug-likeness (QED) is 0.519. The minimum absolute atomic E-state index is 0.0185. The number of aryl methyl sites for hydroxylation is 1. The summed E-state index contributed by atoms with van der Waals surface area (Å²) in [5.41, 5.74) is 2.32. The highest BCUT2D eigenvalue weighted by molar-refractivity contribution is 6.30. The van der Waals surface area contributed by atoms with Gasteiger partial charge in [0, 0.05) is 61.7 Å². The summed E-state index contributed by atoms with van der Waals surface area (Å²) in [6, 6.07) is 15.7. The third-order valence-electron chi connectivity index (χ3n) is 6.86. The van der Waals surface area contributed by atoms with Crippen LogP contribution in [0, 0.1) is 0 Å². The fourth-order valence-electron chi connectivity index (χ4n) is 5.31. The number of hydrogen-bond acceptors (Lipinski definition) is 5. The highest BCUT2D eigenvalue weighted by Crippen LogP contribution is 2.31. The molecule has 5 rings (SSSR count). The molecule has 1 aromatic heterocycles. The van der Waals surface area contributed by atoms with E-state index in [-0.39, 0.29) is 5.91 Å². The number of furan rings is 1. The van der Waals surface area contributed by atoms with E-state index < -0.39 is 5.54 Å². The van der Waals surface area contributed by atoms with Gasteiger partial charge < -0.3 is 14.1 Å². The fraction of sp³-hybridized carbons (Fsp3) is 0.385. The summed E-state index contributed by atoms with van der Waals surface area (Å²) in [6.45, 7) is 6.07. The van der Waals surface area contributed by atoms with E-state index in [1.165, 1.54) is 5.56 Å². The predicted molar refractivity (Wildman–Crippen MR) is 128 cm³/mol. The Morgan fingerprint density at radius 3 is 2.55 bits per heavy atom. The topological polar surface area (TPSA) is 57.0 Å². The normalized spacial score (nSPS) is 22.0. The van der Waals surface area contributed by atoms with Gasteiger partial charge in [-0.25, -0.2) is 0 Å². The summed E-state index contributed by atoms with van der Waals surface area (Å²) >= 11 is 6.01. The summed E-state index contributed by atoms with van der Waals surface area (Å²) in [6.07, 6.45) is 1.80. The number of carbonyl (C=O) groups is 2. The van der Waals surface area contributed by atoms with Crippen molar-refractivity contribution in [2.45, 2.75) is 32.0 Å². The van der Waals surface area contributed by atoms with Crippen LogP contribution >= 0.6 is 11.6 Å². The van der Waals surface area contributed by atoms with Crippen LogP contribution < -0.4 is 0 Å². The molecule has 0 aliphatic carbocycles. The summed E-state index contributed by atoms with van der Waals surface area (Å²) in [4.78, 5) is 31.7. The molecule has 172 valence electrons. The van der Waals surface area contributed by atoms with Gasteiger partial charge in [-0.15, -0.1) is 0 Å². The highest BCUT2D eigenvalue weighted by atomic mass is 35.5. The molecule has 2 aromatic carbocycles. The van der Waals surface area contributed by atoms with E-state index >= 15 is 0 Å². The maximum absolute atomic E-state index is 13.0. The number of halogens is 1. The third-order valence-corrected chi connectivity index (χ3v) is 7.11. The third kappa shape index (κ3) is 4.19. The van der Waals surface area contributed by atoms with Gasteiger partial charge in [0.25, 0.3) is 0 Å². The van der Waals surface area contributed by atoms with Crippen LogP contribution in [0.3, 0.4) is 0 Å². The first-order valence-corrected chi connectivity index (χ1v) is 11.8. The van der Waals surface area contributed by atoms with Crippen LogP contribution in [0.1, 0.15) is 23.8 Å². The standard InChI is InChI=1S/C26H28ClN3O3/c1-2-23-22(21-5-3-4-6-24(21)33-23)14-28-11-12-30-25(32)15-29(17-26(30,16-28)18-31)13-19-7-9-20(27)10-8-19/h3-10,18H,2,11-17H2,1H3. The van der Waals surface area contributed by atoms with E-state index in [4.69, 9.17) is 16.0 Å². The monoisotopic (exact) mass is 465 g/mol. The lowest BCUT2D eigenvalue weighted by molar-refractivity contribution is -0.158. The molecular formula is C26H28ClN3O3. The largest absolute Gasteiger partial charge is 0.461 e. The molecule has 2 saturated heterocycles. The van der Waals surface area contributed by atoms with Crippen LogP contribution in [0.4, 0.5) is 0 Å². The van der Waals surface area contributed by atoms with Gasteiger partial charge in [0.05, 0.1) is 6.54 Å². The first-order valence-electron chi connectivity index (χ1n) is 11.5. The molecule has 2 fully saturated rings. The van der Waals surface area contributed by atoms with Gasteiger partial charge in [-0.2, -0.15) is 0 Å². The Kier molecular flexibility index (Phi) is 5.99. The van der Waals surface area contributed by atoms with Crippen molar-refractivity contribution in [2.75, 3.05) is 32.7 Å². The molecule has 0 bridgehead atoms. The number of piperazine rings is 2. The average molecular weight is 466 g/mol. The Hall–Kier alpha value is -2.67. The van der Waals surface area contributed by atoms with Gasteiger partial charge in [0.1, 0.15) is 23.2 Å². The smallest absolute Gasteiger partial charge is 0.237 e. The summed E-state index contributed by atoms with van der Waals surface area (Å²) in [5, 5.41) is 1.81. The van der Waals surface area contributed by atoms with Gasteiger partial charge in [-0.3, -0.25) is 14.6 Å². The Balaban J connectivity index is 1.37. The zero-order valence-corrected chi connectivity index (χ0v) is 19.6. The molecule has 0 N–H and O–H groups in total. The number of nitrogens with zero attached hydrogens (tertiary/aromatic N) is 3. The molecule has 1 amide bonds. The Bertz CT molecular complexity index is 1180. The van der Waals surface area contributed by atoms with Gasteiger partial charge in [-0.1, -0.05) is 48.9 Å². The zero-order chi connectivity index (χ0) is 23.0. The van der Waals surface area contributed by atoms with Crippen LogP contribution in [-0.4, -0.2) is 65.2 Å². The van der Waals surface area contributed by atoms with Crippen molar-refractivity contribution in [1.29, 1.82) is 0 Å². The lowest BCUT2D eigenvalue weighted by Crippen LogP contribution is -2.72. The summed E-state index contributed by atoms with van der Waals surface area (Å²) in [5.74, 6) is 1.01. The van der Waals surface area contributed by atoms with Gasteiger partial charge in [0.2, 0.25) is 5.91 Å². The first kappa shape index (κ1) is 22.1. The lowest BCUT2D eigenvalue weighted by atomic mass is 9.91. The number of aldehydes is 1. The summed E-state index contributed by atoms with van der Waals surface area (Å²) < 4.78 is 6.08. The molecule has 3 aromatic rings. The fourth-order valence-corrected chi connectivity index (χ4v) is 5.43. The minimum Gasteiger partial charge on any atom is -0.461 e. The maximum atomic E-state index is 13.0. The molecule has 1 unspecified atom stereocenters. The van der Waals surface area contributed by atoms with Crippen molar-refractivity contribution in [1.82, 2.24) is 14.7 Å². The van der Waals surface area contributed by atoms with Crippen molar-refractivity contribution in [3.63, 3.8) is 0 Å². The maximum Gasteiger partial charge on any atom is 0.237 e. The Morgan fingerprint density at radius 2 is 1.79 bits per heavy atom. The molecule has 0 radical (unpaired) electrons. The molecule has 6 nitrogen and oxygen atoms in total. The number of hydrogen-bond donors (Lipinski definition) is 0. The lowest BCUT2D eigenvalue weighted by Gasteiger charge is -2.52. The molecular weight excluding hydrogens is 438 g/mol. The van der Waals surface area contributed by atoms with Crippen LogP contribution in [0.2, 0.25) is 5.02 Å². The number of para-hydroxylation sites is 1. The SMILES string of the molecule is CCc1oc2ccccc2c1CN1CCN2C(=O)CN(Cc3ccc(Cl)cc3)CC2(C=O)C1. The number of benzene rings is 2. The second-order valence-electron chi connectivity index (χ2n) is 9.10. The minimum atomic E-state index is -0.841. The van der Waals surface area contributed by atoms with Crippen LogP contribution in [0.25, 0.3) is 11.0 Å². The van der Waals surface area contributed by atoms with Crippen LogP contribution in [0.15, 0.2) is 52.9 Å². The predicted octanol–water partition coefficient (Wildman–Crippen LogP) is 3.75. The highest BCUT2D eigenvalue weighted by Gasteiger charge is 2.48. The second kappa shape index (κ2) is 8.93. The molecule has 1 atom stereocenters. The van der Waals surface area contributed by atoms with Crippen molar-refractivity contribution in [3.05, 3.63) is 70.4 Å². The van der Waals surface area contributed by atoms with Crippen LogP contribution in [-0.2, 0) is 29.1 Å². The Labute approximate surface area is 198 Å². The van der Waals surface area contributed by atoms with Gasteiger partial charge in [-0.05, 0) is 23.8 Å². The van der Waals surface area contributed by atoms with E-state index in [0.717, 1.165) is 41.5 Å². The second-order valence-corrected chi connectivity index (χ2v) is 9.54. The first-order chi connectivity index (χ1) is 16.0. The molecule has 2 aliphatic rings. The van der Waals surface area contributed by atoms with Crippen molar-refractivity contribution >= 4 is 34.8 Å². The van der Waals surface area contributed by atoms with E-state index in [1.807, 2.05) is 42.5 Å². The Morgan fingerprint density at radius 1 is 1.03 bits per heavy atom. The molecule has 0 saturated carbocycles. The number of fused-ring (bicyclic) bond motifs is 2. The summed E-state index contributed by atoms with van der Waals surface area (Å²) in [7, 11) is 0. The molecule has 33 heavy (non-hydrogen) atoms. The van der Waals surface area contributed by atoms with Gasteiger partial charge >= 0.3 is 0 Å². The molecule has 2 aliphatic heterocycles. The number of rotatable bonds is 6. The van der Waals surface area contributed by atoms with Crippen LogP contribution in [0.5, 0.6) is 0 Å². The average Bonchev–Trinajstić information content (AvgIpc) is 3.18.